The number of aromatic nitrogens is 2. The molecule has 1 atom stereocenters. The Morgan fingerprint density at radius 2 is 2.15 bits per heavy atom. The van der Waals surface area contributed by atoms with Gasteiger partial charge in [-0.2, -0.15) is 4.37 Å². The summed E-state index contributed by atoms with van der Waals surface area (Å²) in [4.78, 5) is 15.8. The van der Waals surface area contributed by atoms with Crippen LogP contribution in [0.5, 0.6) is 0 Å². The highest BCUT2D eigenvalue weighted by molar-refractivity contribution is 8.01. The predicted molar refractivity (Wildman–Crippen MR) is 80.0 cm³/mol. The van der Waals surface area contributed by atoms with Crippen molar-refractivity contribution in [3.05, 3.63) is 41.7 Å². The van der Waals surface area contributed by atoms with Gasteiger partial charge in [-0.05, 0) is 17.1 Å². The molecule has 0 aliphatic carbocycles. The van der Waals surface area contributed by atoms with Gasteiger partial charge < -0.3 is 10.8 Å². The fraction of sp³-hybridized carbons (Fsp3) is 0.308. The monoisotopic (exact) mass is 309 g/mol. The first-order valence-electron chi connectivity index (χ1n) is 6.09. The Bertz CT molecular complexity index is 588. The number of nitrogens with zero attached hydrogens (tertiary/aromatic N) is 2. The molecule has 2 aromatic rings. The van der Waals surface area contributed by atoms with Crippen LogP contribution in [0.1, 0.15) is 18.3 Å². The average Bonchev–Trinajstić information content (AvgIpc) is 2.93. The minimum Gasteiger partial charge on any atom is -0.480 e. The number of rotatable bonds is 6. The van der Waals surface area contributed by atoms with Gasteiger partial charge in [-0.15, -0.1) is 0 Å². The topological polar surface area (TPSA) is 89.1 Å². The van der Waals surface area contributed by atoms with Crippen molar-refractivity contribution in [1.82, 2.24) is 9.36 Å². The third kappa shape index (κ3) is 3.17. The summed E-state index contributed by atoms with van der Waals surface area (Å²) in [6.45, 7) is 1.98. The highest BCUT2D eigenvalue weighted by Gasteiger charge is 2.36. The minimum absolute atomic E-state index is 0.213. The molecule has 1 aromatic carbocycles. The average molecular weight is 309 g/mol. The van der Waals surface area contributed by atoms with Gasteiger partial charge in [0.05, 0.1) is 0 Å². The van der Waals surface area contributed by atoms with Gasteiger partial charge in [0.15, 0.2) is 4.34 Å². The summed E-state index contributed by atoms with van der Waals surface area (Å²) in [5.74, 6) is -0.0587. The van der Waals surface area contributed by atoms with Gasteiger partial charge in [-0.3, -0.25) is 0 Å². The van der Waals surface area contributed by atoms with Crippen LogP contribution >= 0.6 is 23.3 Å². The van der Waals surface area contributed by atoms with E-state index in [9.17, 15) is 9.90 Å². The van der Waals surface area contributed by atoms with E-state index in [0.717, 1.165) is 16.6 Å². The molecule has 0 aliphatic heterocycles. The molecule has 0 saturated carbocycles. The van der Waals surface area contributed by atoms with Crippen LogP contribution in [-0.2, 0) is 16.8 Å². The molecule has 0 radical (unpaired) electrons. The molecule has 1 unspecified atom stereocenters. The summed E-state index contributed by atoms with van der Waals surface area (Å²) in [6, 6.07) is 8.85. The number of aliphatic carboxylic acids is 1. The van der Waals surface area contributed by atoms with Crippen molar-refractivity contribution in [2.45, 2.75) is 23.2 Å². The lowest BCUT2D eigenvalue weighted by Crippen LogP contribution is -2.47. The fourth-order valence-corrected chi connectivity index (χ4v) is 3.43. The number of nitrogens with two attached hydrogens (primary N) is 1. The van der Waals surface area contributed by atoms with Crippen molar-refractivity contribution < 1.29 is 9.90 Å². The molecule has 0 saturated heterocycles. The second-order valence-corrected chi connectivity index (χ2v) is 6.24. The SMILES string of the molecule is CCc1nsc(SCC(N)(C(=O)O)c2ccccc2)n1. The van der Waals surface area contributed by atoms with Gasteiger partial charge in [0.25, 0.3) is 0 Å². The summed E-state index contributed by atoms with van der Waals surface area (Å²) in [5.41, 5.74) is 5.24. The maximum Gasteiger partial charge on any atom is 0.329 e. The number of thioether (sulfide) groups is 1. The molecule has 0 aliphatic rings. The first-order chi connectivity index (χ1) is 9.56. The Morgan fingerprint density at radius 1 is 1.45 bits per heavy atom. The van der Waals surface area contributed by atoms with Crippen LogP contribution in [-0.4, -0.2) is 26.2 Å². The summed E-state index contributed by atoms with van der Waals surface area (Å²) in [7, 11) is 0. The van der Waals surface area contributed by atoms with E-state index in [1.807, 2.05) is 13.0 Å². The van der Waals surface area contributed by atoms with E-state index in [1.165, 1.54) is 23.3 Å². The third-order valence-corrected chi connectivity index (χ3v) is 4.92. The van der Waals surface area contributed by atoms with E-state index in [2.05, 4.69) is 9.36 Å². The summed E-state index contributed by atoms with van der Waals surface area (Å²) in [5, 5.41) is 9.44. The van der Waals surface area contributed by atoms with Crippen LogP contribution in [0, 0.1) is 0 Å². The highest BCUT2D eigenvalue weighted by atomic mass is 32.2. The van der Waals surface area contributed by atoms with Crippen LogP contribution in [0.25, 0.3) is 0 Å². The lowest BCUT2D eigenvalue weighted by Gasteiger charge is -2.24. The molecule has 7 heteroatoms. The molecule has 1 heterocycles. The van der Waals surface area contributed by atoms with Crippen molar-refractivity contribution in [2.24, 2.45) is 5.73 Å². The van der Waals surface area contributed by atoms with Crippen molar-refractivity contribution in [2.75, 3.05) is 5.75 Å². The first-order valence-corrected chi connectivity index (χ1v) is 7.85. The molecule has 0 fully saturated rings. The molecule has 0 amide bonds. The molecule has 1 aromatic heterocycles. The van der Waals surface area contributed by atoms with E-state index in [1.54, 1.807) is 24.3 Å². The summed E-state index contributed by atoms with van der Waals surface area (Å²) < 4.78 is 4.92. The van der Waals surface area contributed by atoms with E-state index >= 15 is 0 Å². The zero-order chi connectivity index (χ0) is 14.6. The second-order valence-electron chi connectivity index (χ2n) is 4.26. The Balaban J connectivity index is 2.16. The number of aryl methyl sites for hydroxylation is 1. The Morgan fingerprint density at radius 3 is 2.70 bits per heavy atom. The minimum atomic E-state index is -1.43. The van der Waals surface area contributed by atoms with Gasteiger partial charge >= 0.3 is 5.97 Å². The van der Waals surface area contributed by atoms with Crippen LogP contribution < -0.4 is 5.73 Å². The Labute approximate surface area is 125 Å². The number of carboxylic acids is 1. The predicted octanol–water partition coefficient (Wildman–Crippen LogP) is 2.13. The van der Waals surface area contributed by atoms with Crippen LogP contribution in [0.3, 0.4) is 0 Å². The maximum absolute atomic E-state index is 11.5. The third-order valence-electron chi connectivity index (χ3n) is 2.86. The molecular formula is C13H15N3O2S2. The number of carboxylic acid groups (broad SMARTS) is 1. The van der Waals surface area contributed by atoms with E-state index in [4.69, 9.17) is 5.73 Å². The lowest BCUT2D eigenvalue weighted by molar-refractivity contribution is -0.142. The number of hydrogen-bond acceptors (Lipinski definition) is 6. The van der Waals surface area contributed by atoms with Gasteiger partial charge in [0.2, 0.25) is 0 Å². The van der Waals surface area contributed by atoms with Crippen molar-refractivity contribution in [1.29, 1.82) is 0 Å². The van der Waals surface area contributed by atoms with Gasteiger partial charge in [0.1, 0.15) is 11.4 Å². The molecule has 3 N–H and O–H groups in total. The van der Waals surface area contributed by atoms with Gasteiger partial charge in [-0.25, -0.2) is 9.78 Å². The summed E-state index contributed by atoms with van der Waals surface area (Å²) >= 11 is 2.60. The zero-order valence-corrected chi connectivity index (χ0v) is 12.6. The molecule has 0 bridgehead atoms. The van der Waals surface area contributed by atoms with E-state index in [0.29, 0.717) is 5.56 Å². The number of benzene rings is 1. The first kappa shape index (κ1) is 15.0. The maximum atomic E-state index is 11.5. The Kier molecular flexibility index (Phi) is 4.74. The zero-order valence-electron chi connectivity index (χ0n) is 10.9. The van der Waals surface area contributed by atoms with Crippen molar-refractivity contribution in [3.63, 3.8) is 0 Å². The van der Waals surface area contributed by atoms with E-state index < -0.39 is 11.5 Å². The molecule has 5 nitrogen and oxygen atoms in total. The molecule has 2 rings (SSSR count). The summed E-state index contributed by atoms with van der Waals surface area (Å²) in [6.07, 6.45) is 0.766. The molecule has 0 spiro atoms. The van der Waals surface area contributed by atoms with Crippen LogP contribution in [0.2, 0.25) is 0 Å². The molecular weight excluding hydrogens is 294 g/mol. The standard InChI is InChI=1S/C13H15N3O2S2/c1-2-10-15-12(20-16-10)19-8-13(14,11(17)18)9-6-4-3-5-7-9/h3-7H,2,8,14H2,1H3,(H,17,18). The number of carbonyl (C=O) groups is 1. The van der Waals surface area contributed by atoms with Gasteiger partial charge in [0, 0.05) is 12.2 Å². The van der Waals surface area contributed by atoms with Crippen molar-refractivity contribution >= 4 is 29.3 Å². The van der Waals surface area contributed by atoms with Crippen LogP contribution in [0.4, 0.5) is 0 Å². The molecule has 106 valence electrons. The van der Waals surface area contributed by atoms with Crippen LogP contribution in [0.15, 0.2) is 34.7 Å². The highest BCUT2D eigenvalue weighted by Crippen LogP contribution is 2.29. The van der Waals surface area contributed by atoms with E-state index in [-0.39, 0.29) is 5.75 Å². The number of hydrogen-bond donors (Lipinski definition) is 2. The normalized spacial score (nSPS) is 13.9. The largest absolute Gasteiger partial charge is 0.480 e. The quantitative estimate of drug-likeness (QED) is 0.795. The smallest absolute Gasteiger partial charge is 0.329 e. The lowest BCUT2D eigenvalue weighted by atomic mass is 9.93. The Hall–Kier alpha value is -1.44. The second kappa shape index (κ2) is 6.34. The van der Waals surface area contributed by atoms with Crippen molar-refractivity contribution in [3.8, 4) is 0 Å². The fourth-order valence-electron chi connectivity index (χ4n) is 1.62. The molecule has 20 heavy (non-hydrogen) atoms. The van der Waals surface area contributed by atoms with Gasteiger partial charge in [-0.1, -0.05) is 49.0 Å².